The Kier molecular flexibility index (Phi) is 4.37. The van der Waals surface area contributed by atoms with Gasteiger partial charge in [0.15, 0.2) is 0 Å². The first-order valence-corrected chi connectivity index (χ1v) is 5.87. The largest absolute Gasteiger partial charge is 0.462 e. The predicted molar refractivity (Wildman–Crippen MR) is 61.4 cm³/mol. The van der Waals surface area contributed by atoms with Crippen LogP contribution < -0.4 is 0 Å². The second kappa shape index (κ2) is 5.34. The molecular formula is C13H22O2. The number of ether oxygens (including phenoxy) is 1. The molecule has 15 heavy (non-hydrogen) atoms. The van der Waals surface area contributed by atoms with Gasteiger partial charge in [-0.25, -0.2) is 0 Å². The minimum atomic E-state index is -0.0291. The van der Waals surface area contributed by atoms with Crippen LogP contribution in [0.2, 0.25) is 0 Å². The molecule has 86 valence electrons. The number of allylic oxidation sites excluding steroid dienone is 1. The number of hydrogen-bond acceptors (Lipinski definition) is 2. The van der Waals surface area contributed by atoms with E-state index in [-0.39, 0.29) is 18.0 Å². The van der Waals surface area contributed by atoms with Crippen molar-refractivity contribution in [1.82, 2.24) is 0 Å². The topological polar surface area (TPSA) is 26.3 Å². The first-order valence-electron chi connectivity index (χ1n) is 5.87. The van der Waals surface area contributed by atoms with E-state index in [9.17, 15) is 4.79 Å². The van der Waals surface area contributed by atoms with Crippen LogP contribution in [0.5, 0.6) is 0 Å². The van der Waals surface area contributed by atoms with Crippen LogP contribution in [0.1, 0.15) is 40.0 Å². The first kappa shape index (κ1) is 12.3. The standard InChI is InChI=1S/C13H22O2/c1-5-6-11-10(4)7-8-12(9(2)3)15-13(11)14/h5,9-12H,1,6-8H2,2-4H3/t10-,11+,12+/m1/s1. The second-order valence-electron chi connectivity index (χ2n) is 4.90. The van der Waals surface area contributed by atoms with Gasteiger partial charge < -0.3 is 4.74 Å². The molecule has 0 saturated carbocycles. The van der Waals surface area contributed by atoms with Gasteiger partial charge in [0.25, 0.3) is 0 Å². The highest BCUT2D eigenvalue weighted by molar-refractivity contribution is 5.73. The highest BCUT2D eigenvalue weighted by Crippen LogP contribution is 2.30. The Bertz CT molecular complexity index is 233. The molecule has 0 aliphatic carbocycles. The van der Waals surface area contributed by atoms with E-state index >= 15 is 0 Å². The summed E-state index contributed by atoms with van der Waals surface area (Å²) in [6, 6.07) is 0. The van der Waals surface area contributed by atoms with Gasteiger partial charge in [0.2, 0.25) is 0 Å². The molecule has 0 aromatic heterocycles. The zero-order valence-electron chi connectivity index (χ0n) is 10.0. The van der Waals surface area contributed by atoms with E-state index in [1.54, 1.807) is 0 Å². The third-order valence-electron chi connectivity index (χ3n) is 3.33. The number of cyclic esters (lactones) is 1. The maximum atomic E-state index is 11.9. The minimum absolute atomic E-state index is 0.0197. The fourth-order valence-electron chi connectivity index (χ4n) is 2.13. The van der Waals surface area contributed by atoms with Crippen molar-refractivity contribution >= 4 is 5.97 Å². The van der Waals surface area contributed by atoms with E-state index in [0.717, 1.165) is 19.3 Å². The molecule has 0 unspecified atom stereocenters. The summed E-state index contributed by atoms with van der Waals surface area (Å²) >= 11 is 0. The summed E-state index contributed by atoms with van der Waals surface area (Å²) in [4.78, 5) is 11.9. The van der Waals surface area contributed by atoms with Gasteiger partial charge in [0.1, 0.15) is 6.10 Å². The number of carbonyl (C=O) groups excluding carboxylic acids is 1. The molecule has 3 atom stereocenters. The maximum absolute atomic E-state index is 11.9. The highest BCUT2D eigenvalue weighted by atomic mass is 16.5. The lowest BCUT2D eigenvalue weighted by molar-refractivity contribution is -0.155. The van der Waals surface area contributed by atoms with Crippen molar-refractivity contribution in [3.63, 3.8) is 0 Å². The lowest BCUT2D eigenvalue weighted by Gasteiger charge is -2.19. The van der Waals surface area contributed by atoms with Crippen molar-refractivity contribution < 1.29 is 9.53 Å². The van der Waals surface area contributed by atoms with Gasteiger partial charge in [-0.15, -0.1) is 6.58 Å². The second-order valence-corrected chi connectivity index (χ2v) is 4.90. The zero-order chi connectivity index (χ0) is 11.4. The average Bonchev–Trinajstić information content (AvgIpc) is 2.31. The summed E-state index contributed by atoms with van der Waals surface area (Å²) in [5.74, 6) is 0.827. The summed E-state index contributed by atoms with van der Waals surface area (Å²) < 4.78 is 5.52. The van der Waals surface area contributed by atoms with Crippen molar-refractivity contribution in [2.45, 2.75) is 46.1 Å². The van der Waals surface area contributed by atoms with Crippen LogP contribution >= 0.6 is 0 Å². The van der Waals surface area contributed by atoms with E-state index in [1.807, 2.05) is 6.08 Å². The molecule has 0 amide bonds. The van der Waals surface area contributed by atoms with Crippen molar-refractivity contribution in [2.75, 3.05) is 0 Å². The van der Waals surface area contributed by atoms with E-state index < -0.39 is 0 Å². The molecule has 1 fully saturated rings. The Hall–Kier alpha value is -0.790. The molecule has 1 rings (SSSR count). The number of carbonyl (C=O) groups is 1. The number of esters is 1. The molecule has 1 saturated heterocycles. The fraction of sp³-hybridized carbons (Fsp3) is 0.769. The molecule has 0 bridgehead atoms. The van der Waals surface area contributed by atoms with Gasteiger partial charge in [-0.05, 0) is 31.1 Å². The van der Waals surface area contributed by atoms with Crippen molar-refractivity contribution in [1.29, 1.82) is 0 Å². The molecular weight excluding hydrogens is 188 g/mol. The van der Waals surface area contributed by atoms with Crippen LogP contribution in [0.25, 0.3) is 0 Å². The summed E-state index contributed by atoms with van der Waals surface area (Å²) in [5.41, 5.74) is 0. The van der Waals surface area contributed by atoms with Crippen LogP contribution in [-0.4, -0.2) is 12.1 Å². The lowest BCUT2D eigenvalue weighted by atomic mass is 9.87. The maximum Gasteiger partial charge on any atom is 0.309 e. The van der Waals surface area contributed by atoms with Crippen LogP contribution in [0, 0.1) is 17.8 Å². The molecule has 1 aliphatic heterocycles. The van der Waals surface area contributed by atoms with Crippen LogP contribution in [0.3, 0.4) is 0 Å². The number of rotatable bonds is 3. The molecule has 0 aromatic carbocycles. The van der Waals surface area contributed by atoms with E-state index in [4.69, 9.17) is 4.74 Å². The smallest absolute Gasteiger partial charge is 0.309 e. The Morgan fingerprint density at radius 1 is 1.53 bits per heavy atom. The molecule has 2 heteroatoms. The zero-order valence-corrected chi connectivity index (χ0v) is 10.0. The van der Waals surface area contributed by atoms with Crippen molar-refractivity contribution in [3.8, 4) is 0 Å². The third-order valence-corrected chi connectivity index (χ3v) is 3.33. The summed E-state index contributed by atoms with van der Waals surface area (Å²) in [6.45, 7) is 10.1. The number of hydrogen-bond donors (Lipinski definition) is 0. The lowest BCUT2D eigenvalue weighted by Crippen LogP contribution is -2.25. The summed E-state index contributed by atoms with van der Waals surface area (Å²) in [7, 11) is 0. The summed E-state index contributed by atoms with van der Waals surface area (Å²) in [5, 5.41) is 0. The van der Waals surface area contributed by atoms with Gasteiger partial charge in [-0.3, -0.25) is 4.79 Å². The van der Waals surface area contributed by atoms with Gasteiger partial charge in [-0.1, -0.05) is 26.8 Å². The van der Waals surface area contributed by atoms with E-state index in [2.05, 4.69) is 27.4 Å². The molecule has 1 aliphatic rings. The molecule has 0 spiro atoms. The van der Waals surface area contributed by atoms with E-state index in [1.165, 1.54) is 0 Å². The molecule has 0 N–H and O–H groups in total. The van der Waals surface area contributed by atoms with Crippen LogP contribution in [0.15, 0.2) is 12.7 Å². The molecule has 2 nitrogen and oxygen atoms in total. The van der Waals surface area contributed by atoms with Crippen molar-refractivity contribution in [3.05, 3.63) is 12.7 Å². The monoisotopic (exact) mass is 210 g/mol. The SMILES string of the molecule is C=CC[C@@H]1C(=O)O[C@H](C(C)C)CC[C@H]1C. The van der Waals surface area contributed by atoms with Gasteiger partial charge in [0, 0.05) is 0 Å². The van der Waals surface area contributed by atoms with Crippen LogP contribution in [-0.2, 0) is 9.53 Å². The van der Waals surface area contributed by atoms with Crippen molar-refractivity contribution in [2.24, 2.45) is 17.8 Å². The Morgan fingerprint density at radius 3 is 2.73 bits per heavy atom. The highest BCUT2D eigenvalue weighted by Gasteiger charge is 2.32. The molecule has 0 aromatic rings. The Morgan fingerprint density at radius 2 is 2.20 bits per heavy atom. The van der Waals surface area contributed by atoms with Gasteiger partial charge in [0.05, 0.1) is 5.92 Å². The summed E-state index contributed by atoms with van der Waals surface area (Å²) in [6.07, 6.45) is 4.74. The Balaban J connectivity index is 2.70. The molecule has 1 heterocycles. The van der Waals surface area contributed by atoms with Gasteiger partial charge >= 0.3 is 5.97 Å². The fourth-order valence-corrected chi connectivity index (χ4v) is 2.13. The quantitative estimate of drug-likeness (QED) is 0.528. The minimum Gasteiger partial charge on any atom is -0.462 e. The molecule has 0 radical (unpaired) electrons. The third kappa shape index (κ3) is 3.08. The van der Waals surface area contributed by atoms with Gasteiger partial charge in [-0.2, -0.15) is 0 Å². The average molecular weight is 210 g/mol. The Labute approximate surface area is 92.7 Å². The first-order chi connectivity index (χ1) is 7.06. The van der Waals surface area contributed by atoms with E-state index in [0.29, 0.717) is 11.8 Å². The predicted octanol–water partition coefficient (Wildman–Crippen LogP) is 3.18. The van der Waals surface area contributed by atoms with Crippen LogP contribution in [0.4, 0.5) is 0 Å². The normalized spacial score (nSPS) is 32.3.